The molecular weight excluding hydrogens is 540 g/mol. The molecule has 40 heavy (non-hydrogen) atoms. The van der Waals surface area contributed by atoms with Crippen molar-refractivity contribution in [2.24, 2.45) is 0 Å². The van der Waals surface area contributed by atoms with E-state index in [-0.39, 0.29) is 29.9 Å². The Morgan fingerprint density at radius 2 is 1.65 bits per heavy atom. The van der Waals surface area contributed by atoms with Crippen molar-refractivity contribution in [1.29, 1.82) is 0 Å². The van der Waals surface area contributed by atoms with Crippen LogP contribution in [0.5, 0.6) is 5.75 Å². The van der Waals surface area contributed by atoms with E-state index < -0.39 is 18.2 Å². The van der Waals surface area contributed by atoms with Gasteiger partial charge >= 0.3 is 12.5 Å². The Kier molecular flexibility index (Phi) is 6.79. The van der Waals surface area contributed by atoms with Crippen molar-refractivity contribution in [3.05, 3.63) is 54.5 Å². The van der Waals surface area contributed by atoms with Gasteiger partial charge in [-0.05, 0) is 55.7 Å². The van der Waals surface area contributed by atoms with Gasteiger partial charge in [0.2, 0.25) is 0 Å². The number of benzene rings is 1. The highest BCUT2D eigenvalue weighted by molar-refractivity contribution is 5.59. The molecule has 13 heteroatoms. The normalized spacial score (nSPS) is 25.4. The van der Waals surface area contributed by atoms with Gasteiger partial charge in [-0.25, -0.2) is 4.98 Å². The first-order valence-corrected chi connectivity index (χ1v) is 13.2. The number of nitrogens with one attached hydrogen (secondary N) is 1. The van der Waals surface area contributed by atoms with E-state index in [1.807, 2.05) is 4.90 Å². The lowest BCUT2D eigenvalue weighted by atomic mass is 9.82. The van der Waals surface area contributed by atoms with E-state index in [0.29, 0.717) is 42.5 Å². The lowest BCUT2D eigenvalue weighted by molar-refractivity contribution is -0.274. The molecule has 0 bridgehead atoms. The van der Waals surface area contributed by atoms with Crippen molar-refractivity contribution in [2.45, 2.75) is 68.8 Å². The summed E-state index contributed by atoms with van der Waals surface area (Å²) in [6.07, 6.45) is -1.81. The van der Waals surface area contributed by atoms with Crippen LogP contribution in [0.1, 0.15) is 37.8 Å². The van der Waals surface area contributed by atoms with Crippen LogP contribution >= 0.6 is 0 Å². The van der Waals surface area contributed by atoms with Gasteiger partial charge in [-0.1, -0.05) is 12.8 Å². The van der Waals surface area contributed by atoms with Crippen molar-refractivity contribution in [2.75, 3.05) is 22.9 Å². The van der Waals surface area contributed by atoms with Gasteiger partial charge in [0.05, 0.1) is 12.2 Å². The number of oxazole rings is 1. The number of fused-ring (bicyclic) bond motifs is 2. The van der Waals surface area contributed by atoms with Crippen molar-refractivity contribution >= 4 is 11.7 Å². The summed E-state index contributed by atoms with van der Waals surface area (Å²) in [5.74, 6) is 0.0965. The molecule has 4 atom stereocenters. The second kappa shape index (κ2) is 10.2. The molecular formula is C27H27F6N5O2. The number of halogens is 6. The molecule has 1 saturated carbocycles. The zero-order valence-corrected chi connectivity index (χ0v) is 21.3. The Morgan fingerprint density at radius 3 is 2.40 bits per heavy atom. The second-order valence-corrected chi connectivity index (χ2v) is 10.4. The summed E-state index contributed by atoms with van der Waals surface area (Å²) in [6, 6.07) is 8.84. The Labute approximate surface area is 226 Å². The van der Waals surface area contributed by atoms with Crippen LogP contribution in [0.3, 0.4) is 0 Å². The van der Waals surface area contributed by atoms with Gasteiger partial charge < -0.3 is 24.3 Å². The van der Waals surface area contributed by atoms with Crippen molar-refractivity contribution in [3.8, 4) is 17.1 Å². The molecule has 3 aliphatic rings. The van der Waals surface area contributed by atoms with Crippen LogP contribution in [0, 0.1) is 0 Å². The molecule has 0 radical (unpaired) electrons. The number of anilines is 2. The smallest absolute Gasteiger partial charge is 0.423 e. The summed E-state index contributed by atoms with van der Waals surface area (Å²) in [5, 5.41) is 3.77. The van der Waals surface area contributed by atoms with Crippen LogP contribution in [-0.2, 0) is 6.18 Å². The third-order valence-electron chi connectivity index (χ3n) is 7.93. The Hall–Kier alpha value is -3.48. The molecule has 2 aliphatic heterocycles. The molecule has 3 fully saturated rings. The Bertz CT molecular complexity index is 1330. The molecule has 2 unspecified atom stereocenters. The maximum atomic E-state index is 13.3. The van der Waals surface area contributed by atoms with Crippen LogP contribution in [0.4, 0.5) is 38.0 Å². The van der Waals surface area contributed by atoms with E-state index in [1.165, 1.54) is 30.5 Å². The Morgan fingerprint density at radius 1 is 0.900 bits per heavy atom. The maximum Gasteiger partial charge on any atom is 0.573 e. The SMILES string of the molecule is FC(F)(F)Oc1ccc(-c2cnc(N3C4CCN(c5ccnc(C(F)(F)F)c5)CC4N[C@@H]4CCCC[C@H]43)o2)cc1. The van der Waals surface area contributed by atoms with Gasteiger partial charge in [0.1, 0.15) is 11.4 Å². The molecule has 2 saturated heterocycles. The van der Waals surface area contributed by atoms with Crippen molar-refractivity contribution in [1.82, 2.24) is 15.3 Å². The Balaban J connectivity index is 1.24. The van der Waals surface area contributed by atoms with E-state index in [9.17, 15) is 26.3 Å². The summed E-state index contributed by atoms with van der Waals surface area (Å²) in [6.45, 7) is 1.06. The molecule has 1 N–H and O–H groups in total. The fraction of sp³-hybridized carbons (Fsp3) is 0.481. The fourth-order valence-electron chi connectivity index (χ4n) is 6.22. The second-order valence-electron chi connectivity index (χ2n) is 10.4. The van der Waals surface area contributed by atoms with E-state index in [2.05, 4.69) is 24.9 Å². The van der Waals surface area contributed by atoms with Crippen LogP contribution < -0.4 is 19.9 Å². The summed E-state index contributed by atoms with van der Waals surface area (Å²) in [5.41, 5.74) is 0.132. The largest absolute Gasteiger partial charge is 0.573 e. The number of piperazine rings is 1. The first kappa shape index (κ1) is 26.7. The lowest BCUT2D eigenvalue weighted by Gasteiger charge is -2.55. The minimum Gasteiger partial charge on any atom is -0.423 e. The zero-order chi connectivity index (χ0) is 28.1. The van der Waals surface area contributed by atoms with E-state index in [1.54, 1.807) is 12.3 Å². The number of nitrogens with zero attached hydrogens (tertiary/aromatic N) is 4. The molecule has 3 aromatic rings. The quantitative estimate of drug-likeness (QED) is 0.387. The number of hydrogen-bond donors (Lipinski definition) is 1. The summed E-state index contributed by atoms with van der Waals surface area (Å²) in [4.78, 5) is 12.2. The average Bonchev–Trinajstić information content (AvgIpc) is 3.40. The predicted octanol–water partition coefficient (Wildman–Crippen LogP) is 6.02. The fourth-order valence-corrected chi connectivity index (χ4v) is 6.22. The van der Waals surface area contributed by atoms with Crippen LogP contribution in [0.2, 0.25) is 0 Å². The number of pyridine rings is 1. The molecule has 1 aromatic carbocycles. The zero-order valence-electron chi connectivity index (χ0n) is 21.3. The monoisotopic (exact) mass is 567 g/mol. The molecule has 0 amide bonds. The topological polar surface area (TPSA) is 66.7 Å². The number of piperidine rings is 1. The molecule has 4 heterocycles. The lowest BCUT2D eigenvalue weighted by Crippen LogP contribution is -2.72. The number of rotatable bonds is 4. The first-order valence-electron chi connectivity index (χ1n) is 13.2. The molecule has 1 aliphatic carbocycles. The highest BCUT2D eigenvalue weighted by Gasteiger charge is 2.47. The minimum absolute atomic E-state index is 0.00795. The van der Waals surface area contributed by atoms with Gasteiger partial charge in [-0.15, -0.1) is 13.2 Å². The van der Waals surface area contributed by atoms with Gasteiger partial charge in [-0.3, -0.25) is 4.98 Å². The number of aromatic nitrogens is 2. The third kappa shape index (κ3) is 5.43. The van der Waals surface area contributed by atoms with Gasteiger partial charge in [0.25, 0.3) is 6.01 Å². The highest BCUT2D eigenvalue weighted by Crippen LogP contribution is 2.39. The summed E-state index contributed by atoms with van der Waals surface area (Å²) >= 11 is 0. The van der Waals surface area contributed by atoms with Crippen LogP contribution in [-0.4, -0.2) is 53.6 Å². The van der Waals surface area contributed by atoms with Gasteiger partial charge in [0.15, 0.2) is 5.76 Å². The van der Waals surface area contributed by atoms with Gasteiger partial charge in [-0.2, -0.15) is 13.2 Å². The van der Waals surface area contributed by atoms with Gasteiger partial charge in [0, 0.05) is 48.7 Å². The van der Waals surface area contributed by atoms with E-state index >= 15 is 0 Å². The number of alkyl halides is 6. The number of hydrogen-bond acceptors (Lipinski definition) is 7. The molecule has 6 rings (SSSR count). The summed E-state index contributed by atoms with van der Waals surface area (Å²) in [7, 11) is 0. The van der Waals surface area contributed by atoms with E-state index in [0.717, 1.165) is 31.7 Å². The van der Waals surface area contributed by atoms with Crippen molar-refractivity contribution in [3.63, 3.8) is 0 Å². The summed E-state index contributed by atoms with van der Waals surface area (Å²) < 4.78 is 87.5. The van der Waals surface area contributed by atoms with E-state index in [4.69, 9.17) is 4.42 Å². The van der Waals surface area contributed by atoms with Crippen LogP contribution in [0.25, 0.3) is 11.3 Å². The van der Waals surface area contributed by atoms with Crippen molar-refractivity contribution < 1.29 is 35.5 Å². The average molecular weight is 568 g/mol. The van der Waals surface area contributed by atoms with Crippen LogP contribution in [0.15, 0.2) is 53.2 Å². The molecule has 0 spiro atoms. The third-order valence-corrected chi connectivity index (χ3v) is 7.93. The standard InChI is InChI=1S/C27H27F6N5O2/c28-26(29,30)24-13-17(9-11-34-24)37-12-10-22-20(15-37)36-19-3-1-2-4-21(19)38(22)25-35-14-23(39-25)16-5-7-18(8-6-16)40-27(31,32)33/h5-9,11,13-14,19-22,36H,1-4,10,12,15H2/t19-,20?,21-,22?/m1/s1. The molecule has 214 valence electrons. The number of ether oxygens (including phenoxy) is 1. The molecule has 2 aromatic heterocycles. The first-order chi connectivity index (χ1) is 19.0. The highest BCUT2D eigenvalue weighted by atomic mass is 19.4. The minimum atomic E-state index is -4.77. The predicted molar refractivity (Wildman–Crippen MR) is 134 cm³/mol. The maximum absolute atomic E-state index is 13.3. The molecule has 7 nitrogen and oxygen atoms in total.